The molecule has 0 aromatic rings. The molecule has 0 aromatic heterocycles. The lowest BCUT2D eigenvalue weighted by Crippen LogP contribution is -2.55. The Morgan fingerprint density at radius 2 is 1.56 bits per heavy atom. The maximum Gasteiger partial charge on any atom is 0.471 e. The quantitative estimate of drug-likeness (QED) is 0.582. The SMILES string of the molecule is CC(Cl)(CCl)C(Cl)(OP(=O)(O)O)C(Cl)(Cl)Cl. The summed E-state index contributed by atoms with van der Waals surface area (Å²) in [5.41, 5.74) is 0. The summed E-state index contributed by atoms with van der Waals surface area (Å²) in [5, 5.41) is -2.49. The molecule has 0 spiro atoms. The van der Waals surface area contributed by atoms with E-state index in [1.807, 2.05) is 0 Å². The van der Waals surface area contributed by atoms with E-state index in [4.69, 9.17) is 79.4 Å². The van der Waals surface area contributed by atoms with Crippen LogP contribution in [0, 0.1) is 0 Å². The van der Waals surface area contributed by atoms with Gasteiger partial charge in [0.25, 0.3) is 0 Å². The first kappa shape index (κ1) is 17.8. The Morgan fingerprint density at radius 3 is 1.75 bits per heavy atom. The molecular weight excluding hydrogens is 368 g/mol. The van der Waals surface area contributed by atoms with Crippen molar-refractivity contribution >= 4 is 77.4 Å². The maximum atomic E-state index is 10.8. The van der Waals surface area contributed by atoms with Crippen molar-refractivity contribution in [3.05, 3.63) is 0 Å². The summed E-state index contributed by atoms with van der Waals surface area (Å²) in [7, 11) is -5.02. The van der Waals surface area contributed by atoms with Gasteiger partial charge in [-0.2, -0.15) is 0 Å². The summed E-state index contributed by atoms with van der Waals surface area (Å²) in [6.07, 6.45) is 0. The minimum Gasteiger partial charge on any atom is -0.303 e. The van der Waals surface area contributed by atoms with Crippen LogP contribution in [0.1, 0.15) is 6.92 Å². The van der Waals surface area contributed by atoms with E-state index < -0.39 is 21.5 Å². The molecular formula is C5H7Cl6O4P. The Kier molecular flexibility index (Phi) is 6.09. The van der Waals surface area contributed by atoms with Gasteiger partial charge in [-0.05, 0) is 6.92 Å². The first-order chi connectivity index (χ1) is 6.77. The molecule has 0 aromatic carbocycles. The Morgan fingerprint density at radius 1 is 1.19 bits per heavy atom. The second-order valence-corrected chi connectivity index (χ2v) is 8.08. The van der Waals surface area contributed by atoms with Crippen LogP contribution in [0.2, 0.25) is 0 Å². The highest BCUT2D eigenvalue weighted by Crippen LogP contribution is 2.59. The van der Waals surface area contributed by atoms with Crippen LogP contribution in [0.3, 0.4) is 0 Å². The lowest BCUT2D eigenvalue weighted by atomic mass is 10.1. The molecule has 0 saturated carbocycles. The number of halogens is 6. The lowest BCUT2D eigenvalue weighted by Gasteiger charge is -2.42. The normalized spacial score (nSPS) is 21.3. The van der Waals surface area contributed by atoms with Crippen molar-refractivity contribution in [2.24, 2.45) is 0 Å². The summed E-state index contributed by atoms with van der Waals surface area (Å²) in [5.74, 6) is -0.369. The summed E-state index contributed by atoms with van der Waals surface area (Å²) >= 11 is 33.6. The van der Waals surface area contributed by atoms with Gasteiger partial charge in [0.2, 0.25) is 8.85 Å². The highest BCUT2D eigenvalue weighted by molar-refractivity contribution is 7.46. The fourth-order valence-electron chi connectivity index (χ4n) is 0.692. The Labute approximate surface area is 122 Å². The first-order valence-electron chi connectivity index (χ1n) is 3.53. The topological polar surface area (TPSA) is 66.8 Å². The van der Waals surface area contributed by atoms with Crippen LogP contribution in [0.25, 0.3) is 0 Å². The van der Waals surface area contributed by atoms with E-state index in [-0.39, 0.29) is 5.88 Å². The van der Waals surface area contributed by atoms with Crippen LogP contribution >= 0.6 is 77.4 Å². The second-order valence-electron chi connectivity index (χ2n) is 3.01. The van der Waals surface area contributed by atoms with E-state index in [1.54, 1.807) is 0 Å². The van der Waals surface area contributed by atoms with Crippen molar-refractivity contribution in [1.82, 2.24) is 0 Å². The average molecular weight is 375 g/mol. The van der Waals surface area contributed by atoms with E-state index in [0.717, 1.165) is 0 Å². The molecule has 98 valence electrons. The summed E-state index contributed by atoms with van der Waals surface area (Å²) < 4.78 is 12.6. The van der Waals surface area contributed by atoms with Crippen LogP contribution in [-0.2, 0) is 9.09 Å². The number of hydrogen-bond acceptors (Lipinski definition) is 2. The lowest BCUT2D eigenvalue weighted by molar-refractivity contribution is 0.0793. The fraction of sp³-hybridized carbons (Fsp3) is 1.00. The standard InChI is InChI=1S/C5H7Cl6O4P/c1-3(7,2-6)4(8,5(9,10)11)15-16(12,13)14/h2H2,1H3,(H2,12,13,14). The molecule has 16 heavy (non-hydrogen) atoms. The molecule has 0 bridgehead atoms. The van der Waals surface area contributed by atoms with Crippen molar-refractivity contribution in [3.8, 4) is 0 Å². The predicted molar refractivity (Wildman–Crippen MR) is 67.0 cm³/mol. The molecule has 0 aliphatic carbocycles. The van der Waals surface area contributed by atoms with Crippen molar-refractivity contribution < 1.29 is 18.9 Å². The molecule has 0 saturated heterocycles. The van der Waals surface area contributed by atoms with Gasteiger partial charge < -0.3 is 9.79 Å². The van der Waals surface area contributed by atoms with Gasteiger partial charge in [0, 0.05) is 5.88 Å². The smallest absolute Gasteiger partial charge is 0.303 e. The van der Waals surface area contributed by atoms with Gasteiger partial charge in [-0.25, -0.2) is 4.57 Å². The summed E-state index contributed by atoms with van der Waals surface area (Å²) in [4.78, 5) is 15.7. The summed E-state index contributed by atoms with van der Waals surface area (Å²) in [6.45, 7) is 1.21. The number of phosphoric ester groups is 1. The van der Waals surface area contributed by atoms with Gasteiger partial charge in [0.15, 0.2) is 0 Å². The highest BCUT2D eigenvalue weighted by Gasteiger charge is 2.62. The fourth-order valence-corrected chi connectivity index (χ4v) is 3.23. The maximum absolute atomic E-state index is 10.8. The van der Waals surface area contributed by atoms with Crippen LogP contribution < -0.4 is 0 Å². The van der Waals surface area contributed by atoms with Crippen LogP contribution in [0.4, 0.5) is 0 Å². The minimum atomic E-state index is -5.02. The molecule has 0 rings (SSSR count). The Hall–Kier alpha value is 1.85. The zero-order valence-electron chi connectivity index (χ0n) is 7.63. The Balaban J connectivity index is 5.48. The molecule has 2 unspecified atom stereocenters. The third kappa shape index (κ3) is 4.20. The van der Waals surface area contributed by atoms with Crippen molar-refractivity contribution in [1.29, 1.82) is 0 Å². The van der Waals surface area contributed by atoms with Gasteiger partial charge in [0.1, 0.15) is 4.87 Å². The number of hydrogen-bond donors (Lipinski definition) is 2. The van der Waals surface area contributed by atoms with Gasteiger partial charge in [-0.3, -0.25) is 4.52 Å². The van der Waals surface area contributed by atoms with Crippen molar-refractivity contribution in [2.75, 3.05) is 5.88 Å². The van der Waals surface area contributed by atoms with E-state index in [9.17, 15) is 4.57 Å². The van der Waals surface area contributed by atoms with Crippen LogP contribution in [0.15, 0.2) is 0 Å². The molecule has 0 aliphatic rings. The van der Waals surface area contributed by atoms with E-state index in [1.165, 1.54) is 6.92 Å². The molecule has 4 nitrogen and oxygen atoms in total. The number of rotatable bonds is 4. The van der Waals surface area contributed by atoms with Crippen molar-refractivity contribution in [3.63, 3.8) is 0 Å². The third-order valence-corrected chi connectivity index (χ3v) is 5.18. The Bertz CT molecular complexity index is 298. The highest BCUT2D eigenvalue weighted by atomic mass is 35.6. The zero-order chi connectivity index (χ0) is 13.4. The monoisotopic (exact) mass is 372 g/mol. The largest absolute Gasteiger partial charge is 0.471 e. The first-order valence-corrected chi connectivity index (χ1v) is 7.49. The molecule has 0 amide bonds. The predicted octanol–water partition coefficient (Wildman–Crippen LogP) is 3.64. The zero-order valence-corrected chi connectivity index (χ0v) is 13.1. The summed E-state index contributed by atoms with van der Waals surface area (Å²) in [6, 6.07) is 0. The third-order valence-electron chi connectivity index (χ3n) is 1.53. The average Bonchev–Trinajstić information content (AvgIpc) is 1.98. The van der Waals surface area contributed by atoms with E-state index in [0.29, 0.717) is 0 Å². The molecule has 0 heterocycles. The van der Waals surface area contributed by atoms with Gasteiger partial charge >= 0.3 is 7.82 Å². The van der Waals surface area contributed by atoms with E-state index >= 15 is 0 Å². The molecule has 11 heteroatoms. The molecule has 0 fully saturated rings. The van der Waals surface area contributed by atoms with Crippen molar-refractivity contribution in [2.45, 2.75) is 20.7 Å². The van der Waals surface area contributed by atoms with Crippen LogP contribution in [-0.4, -0.2) is 29.4 Å². The minimum absolute atomic E-state index is 0.369. The van der Waals surface area contributed by atoms with E-state index in [2.05, 4.69) is 4.52 Å². The van der Waals surface area contributed by atoms with Crippen LogP contribution in [0.5, 0.6) is 0 Å². The molecule has 2 atom stereocenters. The number of phosphoric acid groups is 1. The number of alkyl halides is 6. The van der Waals surface area contributed by atoms with Gasteiger partial charge in [-0.1, -0.05) is 46.4 Å². The molecule has 0 aliphatic heterocycles. The van der Waals surface area contributed by atoms with Gasteiger partial charge in [0.05, 0.1) is 0 Å². The second kappa shape index (κ2) is 5.46. The molecule has 2 N–H and O–H groups in total. The van der Waals surface area contributed by atoms with Gasteiger partial charge in [-0.15, -0.1) is 23.2 Å². The molecule has 0 radical (unpaired) electrons.